The van der Waals surface area contributed by atoms with Crippen molar-refractivity contribution in [1.82, 2.24) is 0 Å². The van der Waals surface area contributed by atoms with Gasteiger partial charge in [0.25, 0.3) is 0 Å². The van der Waals surface area contributed by atoms with Crippen LogP contribution in [0.3, 0.4) is 0 Å². The monoisotopic (exact) mass is 332 g/mol. The molecule has 6 heteroatoms. The molecule has 1 aromatic carbocycles. The van der Waals surface area contributed by atoms with E-state index >= 15 is 0 Å². The Bertz CT molecular complexity index is 744. The van der Waals surface area contributed by atoms with Crippen molar-refractivity contribution < 1.29 is 14.3 Å². The summed E-state index contributed by atoms with van der Waals surface area (Å²) < 4.78 is 10.7. The summed E-state index contributed by atoms with van der Waals surface area (Å²) in [5, 5.41) is 9.95. The Morgan fingerprint density at radius 3 is 2.74 bits per heavy atom. The normalized spacial score (nSPS) is 17.8. The predicted octanol–water partition coefficient (Wildman–Crippen LogP) is 3.37. The number of allylic oxidation sites excluding steroid dienone is 2. The maximum atomic E-state index is 12.5. The second kappa shape index (κ2) is 6.76. The molecule has 0 saturated heterocycles. The van der Waals surface area contributed by atoms with Gasteiger partial charge < -0.3 is 15.2 Å². The van der Waals surface area contributed by atoms with Crippen molar-refractivity contribution in [2.75, 3.05) is 0 Å². The molecule has 120 valence electrons. The van der Waals surface area contributed by atoms with Crippen molar-refractivity contribution in [2.24, 2.45) is 5.73 Å². The Morgan fingerprint density at radius 2 is 2.17 bits per heavy atom. The Hall–Kier alpha value is -2.45. The average molecular weight is 333 g/mol. The minimum Gasteiger partial charge on any atom is -0.459 e. The first-order valence-electron chi connectivity index (χ1n) is 7.10. The highest BCUT2D eigenvalue weighted by Gasteiger charge is 2.36. The van der Waals surface area contributed by atoms with Gasteiger partial charge in [0.05, 0.1) is 17.6 Å². The van der Waals surface area contributed by atoms with Crippen molar-refractivity contribution in [2.45, 2.75) is 32.8 Å². The highest BCUT2D eigenvalue weighted by Crippen LogP contribution is 2.40. The van der Waals surface area contributed by atoms with E-state index in [1.165, 1.54) is 0 Å². The fourth-order valence-electron chi connectivity index (χ4n) is 2.44. The molecule has 0 bridgehead atoms. The van der Waals surface area contributed by atoms with Gasteiger partial charge in [-0.3, -0.25) is 0 Å². The van der Waals surface area contributed by atoms with Crippen LogP contribution in [0.25, 0.3) is 0 Å². The number of hydrogen-bond acceptors (Lipinski definition) is 5. The lowest BCUT2D eigenvalue weighted by molar-refractivity contribution is -0.143. The number of nitrogens with zero attached hydrogens (tertiary/aromatic N) is 1. The molecule has 1 aliphatic rings. The van der Waals surface area contributed by atoms with Gasteiger partial charge in [0.1, 0.15) is 17.4 Å². The van der Waals surface area contributed by atoms with Crippen molar-refractivity contribution in [3.63, 3.8) is 0 Å². The Morgan fingerprint density at radius 1 is 1.48 bits per heavy atom. The van der Waals surface area contributed by atoms with Gasteiger partial charge in [-0.05, 0) is 38.5 Å². The third kappa shape index (κ3) is 3.49. The van der Waals surface area contributed by atoms with Crippen LogP contribution in [-0.4, -0.2) is 12.1 Å². The van der Waals surface area contributed by atoms with Crippen LogP contribution >= 0.6 is 11.6 Å². The van der Waals surface area contributed by atoms with Crippen LogP contribution in [-0.2, 0) is 14.3 Å². The second-order valence-electron chi connectivity index (χ2n) is 5.40. The van der Waals surface area contributed by atoms with Crippen LogP contribution in [0.1, 0.15) is 32.3 Å². The lowest BCUT2D eigenvalue weighted by Crippen LogP contribution is -2.26. The number of carbonyl (C=O) groups is 1. The molecule has 2 rings (SSSR count). The highest BCUT2D eigenvalue weighted by molar-refractivity contribution is 6.30. The lowest BCUT2D eigenvalue weighted by atomic mass is 9.83. The first-order valence-corrected chi connectivity index (χ1v) is 7.47. The molecular formula is C17H17ClN2O3. The number of benzene rings is 1. The Kier molecular flexibility index (Phi) is 4.97. The summed E-state index contributed by atoms with van der Waals surface area (Å²) in [4.78, 5) is 12.5. The fourth-order valence-corrected chi connectivity index (χ4v) is 2.64. The van der Waals surface area contributed by atoms with Gasteiger partial charge in [0.2, 0.25) is 5.88 Å². The van der Waals surface area contributed by atoms with Crippen molar-refractivity contribution >= 4 is 17.6 Å². The van der Waals surface area contributed by atoms with E-state index in [1.807, 2.05) is 6.07 Å². The molecule has 0 aromatic heterocycles. The first kappa shape index (κ1) is 16.9. The molecule has 0 aliphatic carbocycles. The predicted molar refractivity (Wildman–Crippen MR) is 86.0 cm³/mol. The molecule has 0 saturated carbocycles. The minimum atomic E-state index is -0.668. The number of carbonyl (C=O) groups excluding carboxylic acids is 1. The van der Waals surface area contributed by atoms with E-state index in [1.54, 1.807) is 45.0 Å². The smallest absolute Gasteiger partial charge is 0.338 e. The molecule has 1 heterocycles. The summed E-state index contributed by atoms with van der Waals surface area (Å²) in [5.41, 5.74) is 6.92. The summed E-state index contributed by atoms with van der Waals surface area (Å²) in [7, 11) is 0. The van der Waals surface area contributed by atoms with E-state index in [0.29, 0.717) is 16.3 Å². The summed E-state index contributed by atoms with van der Waals surface area (Å²) in [6.07, 6.45) is -0.295. The second-order valence-corrected chi connectivity index (χ2v) is 5.84. The van der Waals surface area contributed by atoms with Gasteiger partial charge in [-0.15, -0.1) is 0 Å². The molecule has 1 aliphatic heterocycles. The molecule has 0 unspecified atom stereocenters. The van der Waals surface area contributed by atoms with E-state index in [-0.39, 0.29) is 23.1 Å². The Balaban J connectivity index is 2.59. The molecule has 0 fully saturated rings. The van der Waals surface area contributed by atoms with E-state index in [2.05, 4.69) is 0 Å². The van der Waals surface area contributed by atoms with E-state index in [9.17, 15) is 10.1 Å². The van der Waals surface area contributed by atoms with Crippen LogP contribution in [0.15, 0.2) is 47.1 Å². The molecule has 0 spiro atoms. The fraction of sp³-hybridized carbons (Fsp3) is 0.294. The topological polar surface area (TPSA) is 85.3 Å². The van der Waals surface area contributed by atoms with E-state index < -0.39 is 11.9 Å². The standard InChI is InChI=1S/C17H17ClN2O3/c1-9(2)22-17(21)14-10(3)23-16(20)13(8-19)15(14)11-5-4-6-12(18)7-11/h4-7,9,15H,20H2,1-3H3/t15-/m0/s1. The van der Waals surface area contributed by atoms with Crippen molar-refractivity contribution in [3.8, 4) is 6.07 Å². The maximum absolute atomic E-state index is 12.5. The first-order chi connectivity index (χ1) is 10.8. The van der Waals surface area contributed by atoms with E-state index in [0.717, 1.165) is 0 Å². The number of halogens is 1. The summed E-state index contributed by atoms with van der Waals surface area (Å²) >= 11 is 6.05. The summed E-state index contributed by atoms with van der Waals surface area (Å²) in [6, 6.07) is 8.96. The molecule has 23 heavy (non-hydrogen) atoms. The van der Waals surface area contributed by atoms with Crippen molar-refractivity contribution in [1.29, 1.82) is 5.26 Å². The number of esters is 1. The zero-order chi connectivity index (χ0) is 17.1. The van der Waals surface area contributed by atoms with Crippen LogP contribution < -0.4 is 5.73 Å². The number of rotatable bonds is 3. The average Bonchev–Trinajstić information content (AvgIpc) is 2.45. The van der Waals surface area contributed by atoms with Gasteiger partial charge >= 0.3 is 5.97 Å². The molecule has 1 atom stereocenters. The largest absolute Gasteiger partial charge is 0.459 e. The van der Waals surface area contributed by atoms with Gasteiger partial charge in [-0.1, -0.05) is 23.7 Å². The number of hydrogen-bond donors (Lipinski definition) is 1. The van der Waals surface area contributed by atoms with Crippen LogP contribution in [0.5, 0.6) is 0 Å². The number of nitriles is 1. The summed E-state index contributed by atoms with van der Waals surface area (Å²) in [6.45, 7) is 5.12. The molecule has 0 amide bonds. The van der Waals surface area contributed by atoms with Crippen LogP contribution in [0.4, 0.5) is 0 Å². The van der Waals surface area contributed by atoms with Crippen LogP contribution in [0.2, 0.25) is 5.02 Å². The highest BCUT2D eigenvalue weighted by atomic mass is 35.5. The molecule has 5 nitrogen and oxygen atoms in total. The zero-order valence-electron chi connectivity index (χ0n) is 13.1. The van der Waals surface area contributed by atoms with Crippen LogP contribution in [0, 0.1) is 11.3 Å². The summed E-state index contributed by atoms with van der Waals surface area (Å²) in [5.74, 6) is -0.908. The van der Waals surface area contributed by atoms with Gasteiger partial charge in [-0.25, -0.2) is 4.79 Å². The lowest BCUT2D eigenvalue weighted by Gasteiger charge is -2.27. The third-order valence-electron chi connectivity index (χ3n) is 3.35. The third-order valence-corrected chi connectivity index (χ3v) is 3.59. The minimum absolute atomic E-state index is 0.0175. The molecule has 2 N–H and O–H groups in total. The zero-order valence-corrected chi connectivity index (χ0v) is 13.8. The molecule has 1 aromatic rings. The van der Waals surface area contributed by atoms with Gasteiger partial charge in [0.15, 0.2) is 0 Å². The number of ether oxygens (including phenoxy) is 2. The number of nitrogens with two attached hydrogens (primary N) is 1. The quantitative estimate of drug-likeness (QED) is 0.858. The van der Waals surface area contributed by atoms with Gasteiger partial charge in [0, 0.05) is 5.02 Å². The van der Waals surface area contributed by atoms with E-state index in [4.69, 9.17) is 26.8 Å². The van der Waals surface area contributed by atoms with Gasteiger partial charge in [-0.2, -0.15) is 5.26 Å². The molecule has 0 radical (unpaired) electrons. The SMILES string of the molecule is CC1=C(C(=O)OC(C)C)[C@@H](c2cccc(Cl)c2)C(C#N)=C(N)O1. The van der Waals surface area contributed by atoms with Crippen molar-refractivity contribution in [3.05, 3.63) is 57.6 Å². The maximum Gasteiger partial charge on any atom is 0.338 e. The molecular weight excluding hydrogens is 316 g/mol. The Labute approximate surface area is 139 Å².